The number of benzene rings is 1. The third-order valence-electron chi connectivity index (χ3n) is 4.43. The monoisotopic (exact) mass is 261 g/mol. The summed E-state index contributed by atoms with van der Waals surface area (Å²) < 4.78 is 0. The van der Waals surface area contributed by atoms with Gasteiger partial charge in [0.2, 0.25) is 0 Å². The fourth-order valence-corrected chi connectivity index (χ4v) is 2.74. The predicted molar refractivity (Wildman–Crippen MR) is 86.0 cm³/mol. The van der Waals surface area contributed by atoms with Crippen molar-refractivity contribution in [1.29, 1.82) is 0 Å². The van der Waals surface area contributed by atoms with E-state index < -0.39 is 0 Å². The first kappa shape index (κ1) is 16.2. The molecule has 1 aromatic rings. The van der Waals surface area contributed by atoms with Crippen molar-refractivity contribution in [1.82, 2.24) is 5.32 Å². The lowest BCUT2D eigenvalue weighted by atomic mass is 9.75. The van der Waals surface area contributed by atoms with Crippen molar-refractivity contribution in [2.75, 3.05) is 13.1 Å². The highest BCUT2D eigenvalue weighted by Gasteiger charge is 2.27. The van der Waals surface area contributed by atoms with Crippen molar-refractivity contribution < 1.29 is 0 Å². The van der Waals surface area contributed by atoms with Crippen LogP contribution in [0.15, 0.2) is 24.3 Å². The van der Waals surface area contributed by atoms with Crippen LogP contribution in [-0.4, -0.2) is 13.1 Å². The summed E-state index contributed by atoms with van der Waals surface area (Å²) in [5, 5.41) is 3.61. The largest absolute Gasteiger partial charge is 0.316 e. The van der Waals surface area contributed by atoms with Gasteiger partial charge in [0.05, 0.1) is 0 Å². The second kappa shape index (κ2) is 7.69. The fraction of sp³-hybridized carbons (Fsp3) is 0.667. The molecule has 0 aliphatic rings. The van der Waals surface area contributed by atoms with Crippen LogP contribution in [0.25, 0.3) is 0 Å². The van der Waals surface area contributed by atoms with Crippen molar-refractivity contribution in [2.24, 2.45) is 0 Å². The quantitative estimate of drug-likeness (QED) is 0.658. The SMILES string of the molecule is CCCNCC(CC)(CC)c1ccc(C(C)C)cc1. The van der Waals surface area contributed by atoms with Crippen LogP contribution in [0.5, 0.6) is 0 Å². The standard InChI is InChI=1S/C18H31N/c1-6-13-19-14-18(7-2,8-3)17-11-9-16(10-12-17)15(4)5/h9-12,15,19H,6-8,13-14H2,1-5H3. The number of hydrogen-bond acceptors (Lipinski definition) is 1. The Kier molecular flexibility index (Phi) is 6.57. The maximum Gasteiger partial charge on any atom is 0.00725 e. The normalized spacial score (nSPS) is 12.1. The molecule has 0 atom stereocenters. The molecular weight excluding hydrogens is 230 g/mol. The second-order valence-corrected chi connectivity index (χ2v) is 5.94. The van der Waals surface area contributed by atoms with Crippen LogP contribution in [0.2, 0.25) is 0 Å². The summed E-state index contributed by atoms with van der Waals surface area (Å²) >= 11 is 0. The molecule has 1 aromatic carbocycles. The van der Waals surface area contributed by atoms with Gasteiger partial charge in [0.1, 0.15) is 0 Å². The molecule has 0 unspecified atom stereocenters. The highest BCUT2D eigenvalue weighted by molar-refractivity contribution is 5.31. The molecule has 108 valence electrons. The molecule has 1 nitrogen and oxygen atoms in total. The van der Waals surface area contributed by atoms with Gasteiger partial charge in [0.15, 0.2) is 0 Å². The van der Waals surface area contributed by atoms with Crippen molar-refractivity contribution in [3.8, 4) is 0 Å². The fourth-order valence-electron chi connectivity index (χ4n) is 2.74. The summed E-state index contributed by atoms with van der Waals surface area (Å²) in [5.41, 5.74) is 3.22. The zero-order valence-electron chi connectivity index (χ0n) is 13.4. The minimum atomic E-state index is 0.296. The molecule has 0 saturated heterocycles. The van der Waals surface area contributed by atoms with E-state index >= 15 is 0 Å². The molecule has 1 heteroatoms. The average Bonchev–Trinajstić information content (AvgIpc) is 2.44. The van der Waals surface area contributed by atoms with Gasteiger partial charge in [0, 0.05) is 12.0 Å². The highest BCUT2D eigenvalue weighted by Crippen LogP contribution is 2.32. The maximum absolute atomic E-state index is 3.61. The Morgan fingerprint density at radius 1 is 1.00 bits per heavy atom. The molecule has 0 aromatic heterocycles. The third kappa shape index (κ3) is 4.07. The molecule has 1 rings (SSSR count). The first-order valence-electron chi connectivity index (χ1n) is 7.90. The Balaban J connectivity index is 2.90. The van der Waals surface area contributed by atoms with E-state index in [1.807, 2.05) is 0 Å². The summed E-state index contributed by atoms with van der Waals surface area (Å²) in [7, 11) is 0. The van der Waals surface area contributed by atoms with Gasteiger partial charge in [0.25, 0.3) is 0 Å². The number of hydrogen-bond donors (Lipinski definition) is 1. The van der Waals surface area contributed by atoms with E-state index in [4.69, 9.17) is 0 Å². The summed E-state index contributed by atoms with van der Waals surface area (Å²) in [6.07, 6.45) is 3.60. The van der Waals surface area contributed by atoms with Gasteiger partial charge in [-0.25, -0.2) is 0 Å². The van der Waals surface area contributed by atoms with Gasteiger partial charge in [-0.15, -0.1) is 0 Å². The lowest BCUT2D eigenvalue weighted by Crippen LogP contribution is -2.37. The Morgan fingerprint density at radius 2 is 1.58 bits per heavy atom. The van der Waals surface area contributed by atoms with Crippen molar-refractivity contribution >= 4 is 0 Å². The van der Waals surface area contributed by atoms with Crippen LogP contribution in [-0.2, 0) is 5.41 Å². The molecule has 1 N–H and O–H groups in total. The molecule has 0 bridgehead atoms. The second-order valence-electron chi connectivity index (χ2n) is 5.94. The van der Waals surface area contributed by atoms with Gasteiger partial charge in [-0.2, -0.15) is 0 Å². The average molecular weight is 261 g/mol. The summed E-state index contributed by atoms with van der Waals surface area (Å²) in [4.78, 5) is 0. The maximum atomic E-state index is 3.61. The van der Waals surface area contributed by atoms with E-state index in [9.17, 15) is 0 Å². The van der Waals surface area contributed by atoms with Crippen LogP contribution in [0.1, 0.15) is 70.9 Å². The minimum Gasteiger partial charge on any atom is -0.316 e. The molecule has 0 spiro atoms. The van der Waals surface area contributed by atoms with E-state index in [-0.39, 0.29) is 0 Å². The van der Waals surface area contributed by atoms with E-state index in [1.165, 1.54) is 30.4 Å². The van der Waals surface area contributed by atoms with Crippen molar-refractivity contribution in [3.05, 3.63) is 35.4 Å². The lowest BCUT2D eigenvalue weighted by Gasteiger charge is -2.33. The lowest BCUT2D eigenvalue weighted by molar-refractivity contribution is 0.369. The highest BCUT2D eigenvalue weighted by atomic mass is 14.9. The van der Waals surface area contributed by atoms with E-state index in [1.54, 1.807) is 0 Å². The van der Waals surface area contributed by atoms with Crippen LogP contribution in [0, 0.1) is 0 Å². The summed E-state index contributed by atoms with van der Waals surface area (Å²) in [6, 6.07) is 9.30. The molecule has 0 heterocycles. The molecule has 0 aliphatic carbocycles. The number of nitrogens with one attached hydrogen (secondary N) is 1. The molecule has 0 fully saturated rings. The van der Waals surface area contributed by atoms with Gasteiger partial charge < -0.3 is 5.32 Å². The molecule has 0 aliphatic heterocycles. The Bertz CT molecular complexity index is 346. The number of rotatable bonds is 8. The minimum absolute atomic E-state index is 0.296. The van der Waals surface area contributed by atoms with Crippen LogP contribution in [0.3, 0.4) is 0 Å². The Labute approximate surface area is 119 Å². The third-order valence-corrected chi connectivity index (χ3v) is 4.43. The Hall–Kier alpha value is -0.820. The van der Waals surface area contributed by atoms with Crippen molar-refractivity contribution in [2.45, 2.75) is 65.2 Å². The zero-order valence-corrected chi connectivity index (χ0v) is 13.4. The molecule has 19 heavy (non-hydrogen) atoms. The van der Waals surface area contributed by atoms with Crippen LogP contribution in [0.4, 0.5) is 0 Å². The van der Waals surface area contributed by atoms with Gasteiger partial charge in [-0.1, -0.05) is 58.9 Å². The van der Waals surface area contributed by atoms with E-state index in [0.717, 1.165) is 13.1 Å². The van der Waals surface area contributed by atoms with Gasteiger partial charge >= 0.3 is 0 Å². The smallest absolute Gasteiger partial charge is 0.00725 e. The molecular formula is C18H31N. The molecule has 0 saturated carbocycles. The van der Waals surface area contributed by atoms with Gasteiger partial charge in [-0.05, 0) is 42.9 Å². The van der Waals surface area contributed by atoms with Gasteiger partial charge in [-0.3, -0.25) is 0 Å². The van der Waals surface area contributed by atoms with Crippen molar-refractivity contribution in [3.63, 3.8) is 0 Å². The summed E-state index contributed by atoms with van der Waals surface area (Å²) in [6.45, 7) is 13.6. The van der Waals surface area contributed by atoms with E-state index in [2.05, 4.69) is 64.2 Å². The predicted octanol–water partition coefficient (Wildman–Crippen LogP) is 4.87. The molecule has 0 radical (unpaired) electrons. The molecule has 0 amide bonds. The zero-order chi connectivity index (χ0) is 14.3. The van der Waals surface area contributed by atoms with Crippen LogP contribution < -0.4 is 5.32 Å². The summed E-state index contributed by atoms with van der Waals surface area (Å²) in [5.74, 6) is 0.616. The first-order chi connectivity index (χ1) is 9.09. The van der Waals surface area contributed by atoms with E-state index in [0.29, 0.717) is 11.3 Å². The topological polar surface area (TPSA) is 12.0 Å². The first-order valence-corrected chi connectivity index (χ1v) is 7.90. The van der Waals surface area contributed by atoms with Crippen LogP contribution >= 0.6 is 0 Å². The Morgan fingerprint density at radius 3 is 2.00 bits per heavy atom.